The number of carbonyl (C=O) groups excluding carboxylic acids is 1. The Morgan fingerprint density at radius 2 is 2.12 bits per heavy atom. The molecular weight excluding hydrogens is 322 g/mol. The molecule has 0 radical (unpaired) electrons. The predicted molar refractivity (Wildman–Crippen MR) is 91.0 cm³/mol. The molecule has 25 heavy (non-hydrogen) atoms. The van der Waals surface area contributed by atoms with E-state index in [1.165, 1.54) is 10.9 Å². The summed E-state index contributed by atoms with van der Waals surface area (Å²) in [6.45, 7) is 1.66. The Morgan fingerprint density at radius 1 is 1.28 bits per heavy atom. The SMILES string of the molecule is C[C@H](NC(=O)Cn1cnc2c(oc3ccccc32)c1=O)c1ccco1. The van der Waals surface area contributed by atoms with E-state index in [0.29, 0.717) is 16.9 Å². The van der Waals surface area contributed by atoms with Crippen molar-refractivity contribution in [1.29, 1.82) is 0 Å². The highest BCUT2D eigenvalue weighted by atomic mass is 16.3. The Balaban J connectivity index is 1.61. The number of aromatic nitrogens is 2. The molecule has 1 N–H and O–H groups in total. The van der Waals surface area contributed by atoms with Gasteiger partial charge >= 0.3 is 0 Å². The molecule has 0 saturated carbocycles. The second-order valence-electron chi connectivity index (χ2n) is 5.76. The number of hydrogen-bond acceptors (Lipinski definition) is 5. The molecule has 1 atom stereocenters. The van der Waals surface area contributed by atoms with E-state index in [0.717, 1.165) is 5.39 Å². The van der Waals surface area contributed by atoms with E-state index in [4.69, 9.17) is 8.83 Å². The normalized spacial score (nSPS) is 12.5. The lowest BCUT2D eigenvalue weighted by Crippen LogP contribution is -2.33. The number of rotatable bonds is 4. The fourth-order valence-electron chi connectivity index (χ4n) is 2.78. The van der Waals surface area contributed by atoms with Gasteiger partial charge in [0.05, 0.1) is 18.6 Å². The maximum atomic E-state index is 12.6. The Morgan fingerprint density at radius 3 is 2.92 bits per heavy atom. The van der Waals surface area contributed by atoms with Crippen LogP contribution in [0.15, 0.2) is 62.6 Å². The molecule has 7 heteroatoms. The highest BCUT2D eigenvalue weighted by Gasteiger charge is 2.16. The maximum Gasteiger partial charge on any atom is 0.297 e. The van der Waals surface area contributed by atoms with E-state index in [9.17, 15) is 9.59 Å². The molecule has 0 aliphatic rings. The number of furan rings is 2. The first-order valence-electron chi connectivity index (χ1n) is 7.83. The number of fused-ring (bicyclic) bond motifs is 3. The van der Waals surface area contributed by atoms with Crippen molar-refractivity contribution in [3.8, 4) is 0 Å². The quantitative estimate of drug-likeness (QED) is 0.618. The first-order chi connectivity index (χ1) is 12.1. The number of amides is 1. The van der Waals surface area contributed by atoms with E-state index < -0.39 is 0 Å². The van der Waals surface area contributed by atoms with Crippen molar-refractivity contribution in [2.24, 2.45) is 0 Å². The Bertz CT molecular complexity index is 1110. The van der Waals surface area contributed by atoms with E-state index in [2.05, 4.69) is 10.3 Å². The van der Waals surface area contributed by atoms with Crippen LogP contribution in [0.2, 0.25) is 0 Å². The van der Waals surface area contributed by atoms with Crippen LogP contribution >= 0.6 is 0 Å². The lowest BCUT2D eigenvalue weighted by atomic mass is 10.2. The summed E-state index contributed by atoms with van der Waals surface area (Å²) in [4.78, 5) is 29.1. The van der Waals surface area contributed by atoms with Gasteiger partial charge < -0.3 is 14.2 Å². The topological polar surface area (TPSA) is 90.3 Å². The summed E-state index contributed by atoms with van der Waals surface area (Å²) in [7, 11) is 0. The van der Waals surface area contributed by atoms with Crippen LogP contribution in [-0.4, -0.2) is 15.5 Å². The van der Waals surface area contributed by atoms with E-state index in [1.54, 1.807) is 31.4 Å². The Labute approximate surface area is 141 Å². The standard InChI is InChI=1S/C18H15N3O4/c1-11(13-7-4-8-24-13)20-15(22)9-21-10-19-16-12-5-2-3-6-14(12)25-17(16)18(21)23/h2-8,10-11H,9H2,1H3,(H,20,22)/t11-/m0/s1. The maximum absolute atomic E-state index is 12.6. The van der Waals surface area contributed by atoms with Gasteiger partial charge in [0, 0.05) is 5.39 Å². The monoisotopic (exact) mass is 337 g/mol. The number of carbonyl (C=O) groups is 1. The molecule has 0 aliphatic heterocycles. The lowest BCUT2D eigenvalue weighted by molar-refractivity contribution is -0.122. The molecule has 4 rings (SSSR count). The van der Waals surface area contributed by atoms with Crippen molar-refractivity contribution < 1.29 is 13.6 Å². The number of benzene rings is 1. The number of nitrogens with zero attached hydrogens (tertiary/aromatic N) is 2. The summed E-state index contributed by atoms with van der Waals surface area (Å²) >= 11 is 0. The molecule has 0 fully saturated rings. The number of nitrogens with one attached hydrogen (secondary N) is 1. The third-order valence-electron chi connectivity index (χ3n) is 4.01. The molecule has 0 saturated heterocycles. The highest BCUT2D eigenvalue weighted by Crippen LogP contribution is 2.24. The van der Waals surface area contributed by atoms with Gasteiger partial charge in [0.2, 0.25) is 11.5 Å². The summed E-state index contributed by atoms with van der Waals surface area (Å²) in [5.41, 5.74) is 0.856. The van der Waals surface area contributed by atoms with E-state index >= 15 is 0 Å². The minimum Gasteiger partial charge on any atom is -0.467 e. The molecule has 3 heterocycles. The summed E-state index contributed by atoms with van der Waals surface area (Å²) in [5, 5.41) is 3.56. The van der Waals surface area contributed by atoms with Gasteiger partial charge in [-0.25, -0.2) is 4.98 Å². The average molecular weight is 337 g/mol. The molecule has 1 aromatic carbocycles. The Kier molecular flexibility index (Phi) is 3.61. The molecule has 126 valence electrons. The molecule has 3 aromatic heterocycles. The summed E-state index contributed by atoms with van der Waals surface area (Å²) in [6, 6.07) is 10.5. The fourth-order valence-corrected chi connectivity index (χ4v) is 2.78. The van der Waals surface area contributed by atoms with Crippen LogP contribution in [0.1, 0.15) is 18.7 Å². The average Bonchev–Trinajstić information content (AvgIpc) is 3.25. The van der Waals surface area contributed by atoms with Gasteiger partial charge in [0.15, 0.2) is 0 Å². The zero-order chi connectivity index (χ0) is 17.4. The van der Waals surface area contributed by atoms with Gasteiger partial charge in [-0.2, -0.15) is 0 Å². The van der Waals surface area contributed by atoms with Crippen molar-refractivity contribution >= 4 is 28.0 Å². The van der Waals surface area contributed by atoms with Crippen LogP contribution in [-0.2, 0) is 11.3 Å². The third kappa shape index (κ3) is 2.69. The number of para-hydroxylation sites is 1. The zero-order valence-corrected chi connectivity index (χ0v) is 13.4. The van der Waals surface area contributed by atoms with Gasteiger partial charge in [-0.3, -0.25) is 14.2 Å². The minimum absolute atomic E-state index is 0.149. The molecule has 0 bridgehead atoms. The first-order valence-corrected chi connectivity index (χ1v) is 7.83. The molecule has 4 aromatic rings. The van der Waals surface area contributed by atoms with Gasteiger partial charge in [0.25, 0.3) is 5.56 Å². The zero-order valence-electron chi connectivity index (χ0n) is 13.4. The van der Waals surface area contributed by atoms with Crippen molar-refractivity contribution in [2.45, 2.75) is 19.5 Å². The Hall–Kier alpha value is -3.35. The highest BCUT2D eigenvalue weighted by molar-refractivity contribution is 6.01. The molecule has 0 spiro atoms. The fraction of sp³-hybridized carbons (Fsp3) is 0.167. The third-order valence-corrected chi connectivity index (χ3v) is 4.01. The van der Waals surface area contributed by atoms with Crippen molar-refractivity contribution in [1.82, 2.24) is 14.9 Å². The van der Waals surface area contributed by atoms with Crippen LogP contribution in [0, 0.1) is 0 Å². The number of hydrogen-bond donors (Lipinski definition) is 1. The van der Waals surface area contributed by atoms with Gasteiger partial charge in [-0.1, -0.05) is 12.1 Å². The van der Waals surface area contributed by atoms with Crippen LogP contribution in [0.3, 0.4) is 0 Å². The minimum atomic E-state index is -0.387. The summed E-state index contributed by atoms with van der Waals surface area (Å²) < 4.78 is 12.1. The second-order valence-corrected chi connectivity index (χ2v) is 5.76. The van der Waals surface area contributed by atoms with Crippen LogP contribution in [0.5, 0.6) is 0 Å². The van der Waals surface area contributed by atoms with Crippen LogP contribution < -0.4 is 10.9 Å². The second kappa shape index (κ2) is 5.94. The van der Waals surface area contributed by atoms with E-state index in [-0.39, 0.29) is 29.6 Å². The van der Waals surface area contributed by atoms with Crippen LogP contribution in [0.4, 0.5) is 0 Å². The molecule has 0 aliphatic carbocycles. The van der Waals surface area contributed by atoms with Gasteiger partial charge in [0.1, 0.15) is 23.4 Å². The molecule has 0 unspecified atom stereocenters. The molecule has 1 amide bonds. The predicted octanol–water partition coefficient (Wildman–Crippen LogP) is 2.61. The molecular formula is C18H15N3O4. The van der Waals surface area contributed by atoms with Crippen molar-refractivity contribution in [2.75, 3.05) is 0 Å². The smallest absolute Gasteiger partial charge is 0.297 e. The van der Waals surface area contributed by atoms with Gasteiger partial charge in [-0.05, 0) is 31.2 Å². The lowest BCUT2D eigenvalue weighted by Gasteiger charge is -2.12. The summed E-state index contributed by atoms with van der Waals surface area (Å²) in [5.74, 6) is 0.329. The van der Waals surface area contributed by atoms with Crippen molar-refractivity contribution in [3.05, 3.63) is 65.1 Å². The first kappa shape index (κ1) is 15.2. The summed E-state index contributed by atoms with van der Waals surface area (Å²) in [6.07, 6.45) is 2.91. The molecule has 7 nitrogen and oxygen atoms in total. The van der Waals surface area contributed by atoms with Crippen molar-refractivity contribution in [3.63, 3.8) is 0 Å². The van der Waals surface area contributed by atoms with E-state index in [1.807, 2.05) is 18.2 Å². The van der Waals surface area contributed by atoms with Gasteiger partial charge in [-0.15, -0.1) is 0 Å². The largest absolute Gasteiger partial charge is 0.467 e. The van der Waals surface area contributed by atoms with Crippen LogP contribution in [0.25, 0.3) is 22.1 Å².